The Morgan fingerprint density at radius 1 is 0.364 bits per heavy atom. The molecule has 20 heteroatoms. The van der Waals surface area contributed by atoms with Crippen LogP contribution in [0.5, 0.6) is 0 Å². The minimum absolute atomic E-state index is 0.0995. The molecule has 0 atom stereocenters. The molecule has 0 aromatic heterocycles. The Labute approximate surface area is 331 Å². The molecule has 1 saturated heterocycles. The van der Waals surface area contributed by atoms with Crippen molar-refractivity contribution in [2.45, 2.75) is 95.1 Å². The van der Waals surface area contributed by atoms with Crippen molar-refractivity contribution >= 4 is 72.7 Å². The van der Waals surface area contributed by atoms with Crippen molar-refractivity contribution in [2.24, 2.45) is 0 Å². The summed E-state index contributed by atoms with van der Waals surface area (Å²) in [6.07, 6.45) is 7.53. The highest BCUT2D eigenvalue weighted by Gasteiger charge is 2.56. The first-order valence-corrected chi connectivity index (χ1v) is 30.9. The summed E-state index contributed by atoms with van der Waals surface area (Å²) < 4.78 is 62.3. The van der Waals surface area contributed by atoms with Gasteiger partial charge in [0.25, 0.3) is 0 Å². The molecule has 0 N–H and O–H groups in total. The normalized spacial score (nSPS) is 26.6. The van der Waals surface area contributed by atoms with E-state index < -0.39 is 72.7 Å². The first-order chi connectivity index (χ1) is 25.8. The van der Waals surface area contributed by atoms with Gasteiger partial charge in [0.1, 0.15) is 0 Å². The van der Waals surface area contributed by atoms with E-state index >= 15 is 0 Å². The number of hydrogen-bond acceptors (Lipinski definition) is 15. The molecule has 0 spiro atoms. The number of rotatable bonds is 25. The number of carbonyl (C=O) groups is 5. The molecule has 0 aliphatic carbocycles. The van der Waals surface area contributed by atoms with Crippen molar-refractivity contribution in [3.8, 4) is 0 Å². The van der Waals surface area contributed by atoms with Crippen molar-refractivity contribution in [1.29, 1.82) is 0 Å². The third-order valence-corrected chi connectivity index (χ3v) is 31.7. The van der Waals surface area contributed by atoms with Crippen LogP contribution in [0, 0.1) is 0 Å². The number of carbonyl (C=O) groups excluding carboxylic acids is 5. The molecule has 1 rings (SSSR count). The van der Waals surface area contributed by atoms with E-state index in [1.807, 2.05) is 32.7 Å². The number of hydrogen-bond donors (Lipinski definition) is 0. The van der Waals surface area contributed by atoms with Gasteiger partial charge in [-0.15, -0.1) is 0 Å². The predicted molar refractivity (Wildman–Crippen MR) is 216 cm³/mol. The lowest BCUT2D eigenvalue weighted by molar-refractivity contribution is -0.138. The second-order valence-electron chi connectivity index (χ2n) is 13.6. The summed E-state index contributed by atoms with van der Waals surface area (Å²) in [5.41, 5.74) is 0. The third kappa shape index (κ3) is 20.6. The molecule has 1 heterocycles. The summed E-state index contributed by atoms with van der Waals surface area (Å²) in [5.74, 6) is -2.75. The maximum absolute atomic E-state index is 11.9. The van der Waals surface area contributed by atoms with Crippen LogP contribution in [0.1, 0.15) is 32.1 Å². The smallest absolute Gasteiger partial charge is 0.330 e. The minimum Gasteiger partial charge on any atom is -0.463 e. The van der Waals surface area contributed by atoms with Crippen LogP contribution in [-0.4, -0.2) is 106 Å². The molecule has 15 nitrogen and oxygen atoms in total. The second kappa shape index (κ2) is 24.5. The first kappa shape index (κ1) is 50.0. The summed E-state index contributed by atoms with van der Waals surface area (Å²) in [4.78, 5) is 59.3. The van der Waals surface area contributed by atoms with E-state index in [1.165, 1.54) is 0 Å². The maximum Gasteiger partial charge on any atom is 0.330 e. The van der Waals surface area contributed by atoms with Crippen molar-refractivity contribution in [3.05, 3.63) is 63.3 Å². The van der Waals surface area contributed by atoms with Crippen molar-refractivity contribution < 1.29 is 68.2 Å². The van der Waals surface area contributed by atoms with Crippen LogP contribution >= 0.6 is 0 Å². The largest absolute Gasteiger partial charge is 0.463 e. The fourth-order valence-corrected chi connectivity index (χ4v) is 35.0. The van der Waals surface area contributed by atoms with Gasteiger partial charge in [-0.25, -0.2) is 24.0 Å². The fraction of sp³-hybridized carbons (Fsp3) is 0.571. The molecule has 0 unspecified atom stereocenters. The monoisotopic (exact) mass is 860 g/mol. The zero-order valence-corrected chi connectivity index (χ0v) is 38.2. The van der Waals surface area contributed by atoms with E-state index in [2.05, 4.69) is 32.9 Å². The van der Waals surface area contributed by atoms with E-state index in [9.17, 15) is 24.0 Å². The van der Waals surface area contributed by atoms with Crippen molar-refractivity contribution in [3.63, 3.8) is 0 Å². The van der Waals surface area contributed by atoms with E-state index in [-0.39, 0.29) is 33.0 Å². The molecule has 310 valence electrons. The van der Waals surface area contributed by atoms with E-state index in [0.717, 1.165) is 30.4 Å². The highest BCUT2D eigenvalue weighted by atomic mass is 28.5. The minimum atomic E-state index is -3.31. The highest BCUT2D eigenvalue weighted by Crippen LogP contribution is 2.39. The second-order valence-corrected chi connectivity index (χ2v) is 31.5. The average Bonchev–Trinajstić information content (AvgIpc) is 3.12. The van der Waals surface area contributed by atoms with Gasteiger partial charge in [0.2, 0.25) is 0 Å². The Kier molecular flexibility index (Phi) is 22.3. The summed E-state index contributed by atoms with van der Waals surface area (Å²) in [5, 5.41) is 0. The lowest BCUT2D eigenvalue weighted by Gasteiger charge is -2.50. The van der Waals surface area contributed by atoms with E-state index in [1.54, 1.807) is 0 Å². The van der Waals surface area contributed by atoms with Gasteiger partial charge in [-0.3, -0.25) is 0 Å². The van der Waals surface area contributed by atoms with E-state index in [4.69, 9.17) is 44.3 Å². The lowest BCUT2D eigenvalue weighted by atomic mass is 10.5. The molecule has 55 heavy (non-hydrogen) atoms. The standard InChI is InChI=1S/C35H60O15Si5/c1-11-31(36)41-21-16-26-51(6)46-52(7,27-17-22-42-32(37)12-2)48-54(9,29-19-24-44-34(39)14-4)50-55(10,30-20-25-45-35(40)15-5)49-53(8,47-51)28-18-23-43-33(38)13-3/h11-15H,1-5,16-30H2,6-10H3. The Hall–Kier alpha value is -3.07. The highest BCUT2D eigenvalue weighted by molar-refractivity contribution is 6.94. The molecule has 0 bridgehead atoms. The molecule has 1 aliphatic heterocycles. The average molecular weight is 861 g/mol. The molecular formula is C35H60O15Si5. The SMILES string of the molecule is C=CC(=O)OCCC[Si]1(C)O[Si](C)(CCCOC(=O)C=C)O[Si](C)(CCCOC(=O)C=C)O[Si](C)(CCCOC(=O)C=C)O[Si](C)(CCCOC(=O)C=C)O1. The van der Waals surface area contributed by atoms with Crippen molar-refractivity contribution in [1.82, 2.24) is 0 Å². The van der Waals surface area contributed by atoms with Gasteiger partial charge in [0.15, 0.2) is 0 Å². The topological polar surface area (TPSA) is 178 Å². The summed E-state index contributed by atoms with van der Waals surface area (Å²) in [6.45, 7) is 27.5. The van der Waals surface area contributed by atoms with Gasteiger partial charge in [-0.05, 0) is 95.1 Å². The van der Waals surface area contributed by atoms with Crippen LogP contribution < -0.4 is 0 Å². The van der Waals surface area contributed by atoms with Crippen LogP contribution in [-0.2, 0) is 68.2 Å². The van der Waals surface area contributed by atoms with Gasteiger partial charge in [0.05, 0.1) is 33.0 Å². The van der Waals surface area contributed by atoms with Gasteiger partial charge < -0.3 is 44.3 Å². The van der Waals surface area contributed by atoms with Crippen LogP contribution in [0.15, 0.2) is 63.3 Å². The Bertz CT molecular complexity index is 1110. The zero-order chi connectivity index (χ0) is 41.6. The quantitative estimate of drug-likeness (QED) is 0.0341. The van der Waals surface area contributed by atoms with Crippen LogP contribution in [0.2, 0.25) is 63.0 Å². The zero-order valence-electron chi connectivity index (χ0n) is 33.2. The number of ether oxygens (including phenoxy) is 5. The molecule has 0 radical (unpaired) electrons. The van der Waals surface area contributed by atoms with E-state index in [0.29, 0.717) is 62.3 Å². The molecule has 1 aliphatic rings. The maximum atomic E-state index is 11.9. The Morgan fingerprint density at radius 2 is 0.509 bits per heavy atom. The number of esters is 5. The van der Waals surface area contributed by atoms with Crippen LogP contribution in [0.3, 0.4) is 0 Å². The van der Waals surface area contributed by atoms with Gasteiger partial charge in [-0.1, -0.05) is 32.9 Å². The molecular weight excluding hydrogens is 801 g/mol. The summed E-state index contributed by atoms with van der Waals surface area (Å²) >= 11 is 0. The Morgan fingerprint density at radius 3 is 0.636 bits per heavy atom. The molecule has 0 aromatic rings. The molecule has 0 aromatic carbocycles. The van der Waals surface area contributed by atoms with Gasteiger partial charge in [-0.2, -0.15) is 0 Å². The third-order valence-electron chi connectivity index (χ3n) is 8.09. The molecule has 0 amide bonds. The lowest BCUT2D eigenvalue weighted by Crippen LogP contribution is -2.67. The van der Waals surface area contributed by atoms with Crippen LogP contribution in [0.25, 0.3) is 0 Å². The summed E-state index contributed by atoms with van der Waals surface area (Å²) in [7, 11) is -16.5. The Balaban J connectivity index is 3.79. The predicted octanol–water partition coefficient (Wildman–Crippen LogP) is 6.04. The summed E-state index contributed by atoms with van der Waals surface area (Å²) in [6, 6.07) is 2.01. The molecule has 1 fully saturated rings. The van der Waals surface area contributed by atoms with Crippen molar-refractivity contribution in [2.75, 3.05) is 33.0 Å². The van der Waals surface area contributed by atoms with Gasteiger partial charge in [0, 0.05) is 30.4 Å². The fourth-order valence-electron chi connectivity index (χ4n) is 6.02. The van der Waals surface area contributed by atoms with Gasteiger partial charge >= 0.3 is 72.7 Å². The first-order valence-electron chi connectivity index (χ1n) is 18.3. The van der Waals surface area contributed by atoms with Crippen LogP contribution in [0.4, 0.5) is 0 Å². The molecule has 0 saturated carbocycles.